The number of hydrogen-bond donors (Lipinski definition) is 0. The van der Waals surface area contributed by atoms with Crippen LogP contribution in [0.3, 0.4) is 0 Å². The lowest BCUT2D eigenvalue weighted by Crippen LogP contribution is -2.34. The van der Waals surface area contributed by atoms with Crippen molar-refractivity contribution in [1.82, 2.24) is 14.9 Å². The largest absolute Gasteiger partial charge is 0.374 e. The number of halogens is 2. The molecule has 0 saturated carbocycles. The van der Waals surface area contributed by atoms with Crippen molar-refractivity contribution >= 4 is 33.3 Å². The zero-order valence-electron chi connectivity index (χ0n) is 23.5. The van der Waals surface area contributed by atoms with Gasteiger partial charge in [-0.1, -0.05) is 61.2 Å². The molecule has 0 aliphatic carbocycles. The van der Waals surface area contributed by atoms with Gasteiger partial charge in [-0.2, -0.15) is 0 Å². The maximum atomic E-state index is 14.4. The van der Waals surface area contributed by atoms with E-state index in [1.165, 1.54) is 30.3 Å². The van der Waals surface area contributed by atoms with Gasteiger partial charge in [-0.05, 0) is 59.0 Å². The predicted octanol–water partition coefficient (Wildman–Crippen LogP) is 7.00. The number of carbonyl (C=O) groups is 1. The van der Waals surface area contributed by atoms with Crippen LogP contribution >= 0.6 is 11.3 Å². The molecule has 218 valence electrons. The van der Waals surface area contributed by atoms with E-state index in [0.29, 0.717) is 26.1 Å². The fourth-order valence-corrected chi connectivity index (χ4v) is 6.76. The highest BCUT2D eigenvalue weighted by Crippen LogP contribution is 2.41. The summed E-state index contributed by atoms with van der Waals surface area (Å²) in [5.74, 6) is -0.00334. The number of fused-ring (bicyclic) bond motifs is 3. The molecular weight excluding hydrogens is 566 g/mol. The van der Waals surface area contributed by atoms with E-state index in [1.807, 2.05) is 42.5 Å². The zero-order valence-corrected chi connectivity index (χ0v) is 24.3. The molecule has 1 atom stereocenters. The first-order chi connectivity index (χ1) is 21.0. The first-order valence-electron chi connectivity index (χ1n) is 14.0. The molecule has 9 heteroatoms. The summed E-state index contributed by atoms with van der Waals surface area (Å²) in [5.41, 5.74) is 3.64. The summed E-state index contributed by atoms with van der Waals surface area (Å²) < 4.78 is 34.5. The van der Waals surface area contributed by atoms with Crippen LogP contribution in [0.4, 0.5) is 14.6 Å². The van der Waals surface area contributed by atoms with Crippen molar-refractivity contribution in [3.8, 4) is 0 Å². The number of anilines is 1. The lowest BCUT2D eigenvalue weighted by atomic mass is 10.0. The maximum Gasteiger partial charge on any atom is 0.246 e. The van der Waals surface area contributed by atoms with Gasteiger partial charge in [0.2, 0.25) is 5.91 Å². The molecule has 0 fully saturated rings. The molecular formula is C34H30F2N4O2S. The predicted molar refractivity (Wildman–Crippen MR) is 165 cm³/mol. The number of benzene rings is 3. The molecule has 0 spiro atoms. The second-order valence-corrected chi connectivity index (χ2v) is 11.5. The number of ether oxygens (including phenoxy) is 1. The lowest BCUT2D eigenvalue weighted by Gasteiger charge is -2.34. The molecule has 1 amide bonds. The maximum absolute atomic E-state index is 14.4. The van der Waals surface area contributed by atoms with Gasteiger partial charge in [-0.25, -0.2) is 18.7 Å². The Morgan fingerprint density at radius 3 is 2.51 bits per heavy atom. The van der Waals surface area contributed by atoms with Crippen LogP contribution in [0, 0.1) is 11.6 Å². The van der Waals surface area contributed by atoms with Crippen LogP contribution in [0.15, 0.2) is 97.8 Å². The van der Waals surface area contributed by atoms with E-state index >= 15 is 0 Å². The molecule has 1 aliphatic rings. The molecule has 6 rings (SSSR count). The van der Waals surface area contributed by atoms with E-state index in [2.05, 4.69) is 16.5 Å². The average Bonchev–Trinajstić information content (AvgIpc) is 3.41. The fraction of sp³-hybridized carbons (Fsp3) is 0.206. The molecule has 0 N–H and O–H groups in total. The number of carbonyl (C=O) groups excluding carboxylic acids is 1. The zero-order chi connectivity index (χ0) is 29.8. The van der Waals surface area contributed by atoms with Crippen molar-refractivity contribution in [2.24, 2.45) is 0 Å². The Bertz CT molecular complexity index is 1760. The highest BCUT2D eigenvalue weighted by atomic mass is 32.1. The monoisotopic (exact) mass is 596 g/mol. The third-order valence-corrected chi connectivity index (χ3v) is 8.74. The van der Waals surface area contributed by atoms with E-state index in [9.17, 15) is 13.6 Å². The third kappa shape index (κ3) is 6.33. The van der Waals surface area contributed by atoms with E-state index in [4.69, 9.17) is 9.72 Å². The Morgan fingerprint density at radius 2 is 1.77 bits per heavy atom. The Hall–Kier alpha value is -4.47. The number of aromatic nitrogens is 2. The first kappa shape index (κ1) is 28.6. The quantitative estimate of drug-likeness (QED) is 0.163. The lowest BCUT2D eigenvalue weighted by molar-refractivity contribution is -0.126. The molecule has 0 radical (unpaired) electrons. The van der Waals surface area contributed by atoms with E-state index in [0.717, 1.165) is 43.2 Å². The van der Waals surface area contributed by atoms with Gasteiger partial charge < -0.3 is 14.5 Å². The van der Waals surface area contributed by atoms with E-state index < -0.39 is 0 Å². The minimum Gasteiger partial charge on any atom is -0.374 e. The van der Waals surface area contributed by atoms with Crippen molar-refractivity contribution in [3.05, 3.63) is 137 Å². The van der Waals surface area contributed by atoms with Crippen LogP contribution in [0.25, 0.3) is 10.2 Å². The summed E-state index contributed by atoms with van der Waals surface area (Å²) in [6, 6.07) is 22.6. The van der Waals surface area contributed by atoms with Gasteiger partial charge in [-0.3, -0.25) is 4.79 Å². The first-order valence-corrected chi connectivity index (χ1v) is 14.9. The second kappa shape index (κ2) is 12.8. The topological polar surface area (TPSA) is 58.6 Å². The highest BCUT2D eigenvalue weighted by molar-refractivity contribution is 7.19. The van der Waals surface area contributed by atoms with Crippen LogP contribution in [0.1, 0.15) is 33.2 Å². The Labute approximate surface area is 252 Å². The van der Waals surface area contributed by atoms with Crippen LogP contribution in [-0.4, -0.2) is 33.9 Å². The molecule has 43 heavy (non-hydrogen) atoms. The van der Waals surface area contributed by atoms with Gasteiger partial charge in [0.25, 0.3) is 0 Å². The summed E-state index contributed by atoms with van der Waals surface area (Å²) in [5, 5.41) is 0.940. The molecule has 2 aromatic heterocycles. The molecule has 3 aromatic carbocycles. The normalized spacial score (nSPS) is 13.5. The average molecular weight is 597 g/mol. The van der Waals surface area contributed by atoms with Gasteiger partial charge in [0.05, 0.1) is 31.2 Å². The summed E-state index contributed by atoms with van der Waals surface area (Å²) in [4.78, 5) is 27.7. The highest BCUT2D eigenvalue weighted by Gasteiger charge is 2.30. The van der Waals surface area contributed by atoms with Gasteiger partial charge in [0.15, 0.2) is 0 Å². The Morgan fingerprint density at radius 1 is 1.02 bits per heavy atom. The Balaban J connectivity index is 1.43. The van der Waals surface area contributed by atoms with Gasteiger partial charge in [0, 0.05) is 18.0 Å². The SMILES string of the molecule is C=CC(=O)N1CCc2c(sc3ncnc(N(Cc4cccc(F)c4)[C@H](COCc4cccc(F)c4)c4ccccc4)c23)C1. The summed E-state index contributed by atoms with van der Waals surface area (Å²) in [6.07, 6.45) is 3.56. The number of amides is 1. The fourth-order valence-electron chi connectivity index (χ4n) is 5.57. The molecule has 3 heterocycles. The van der Waals surface area contributed by atoms with E-state index in [-0.39, 0.29) is 36.8 Å². The van der Waals surface area contributed by atoms with Crippen LogP contribution in [0.2, 0.25) is 0 Å². The molecule has 0 bridgehead atoms. The van der Waals surface area contributed by atoms with E-state index in [1.54, 1.807) is 34.7 Å². The van der Waals surface area contributed by atoms with Crippen LogP contribution in [0.5, 0.6) is 0 Å². The van der Waals surface area contributed by atoms with Crippen molar-refractivity contribution in [1.29, 1.82) is 0 Å². The molecule has 6 nitrogen and oxygen atoms in total. The van der Waals surface area contributed by atoms with Crippen LogP contribution in [-0.2, 0) is 35.6 Å². The van der Waals surface area contributed by atoms with Crippen molar-refractivity contribution in [2.45, 2.75) is 32.2 Å². The van der Waals surface area contributed by atoms with Gasteiger partial charge in [0.1, 0.15) is 28.6 Å². The van der Waals surface area contributed by atoms with Crippen LogP contribution < -0.4 is 4.90 Å². The van der Waals surface area contributed by atoms with Crippen molar-refractivity contribution < 1.29 is 18.3 Å². The number of hydrogen-bond acceptors (Lipinski definition) is 6. The van der Waals surface area contributed by atoms with Crippen molar-refractivity contribution in [3.63, 3.8) is 0 Å². The number of thiophene rings is 1. The van der Waals surface area contributed by atoms with Gasteiger partial charge >= 0.3 is 0 Å². The second-order valence-electron chi connectivity index (χ2n) is 10.4. The third-order valence-electron chi connectivity index (χ3n) is 7.61. The smallest absolute Gasteiger partial charge is 0.246 e. The number of rotatable bonds is 10. The molecule has 0 saturated heterocycles. The van der Waals surface area contributed by atoms with Crippen molar-refractivity contribution in [2.75, 3.05) is 18.1 Å². The molecule has 0 unspecified atom stereocenters. The summed E-state index contributed by atoms with van der Waals surface area (Å²) in [6.45, 7) is 5.56. The molecule has 5 aromatic rings. The molecule has 1 aliphatic heterocycles. The minimum absolute atomic E-state index is 0.0956. The number of nitrogens with zero attached hydrogens (tertiary/aromatic N) is 4. The Kier molecular flexibility index (Phi) is 8.53. The standard InChI is InChI=1S/C34H30F2N4O2S/c1-2-31(41)39-15-14-28-30(19-39)43-34-32(28)33(37-22-38-34)40(18-23-8-6-12-26(35)16-23)29(25-10-4-3-5-11-25)21-42-20-24-9-7-13-27(36)17-24/h2-13,16-17,22,29H,1,14-15,18-21H2/t29-/m1/s1. The summed E-state index contributed by atoms with van der Waals surface area (Å²) >= 11 is 1.56. The van der Waals surface area contributed by atoms with Gasteiger partial charge in [-0.15, -0.1) is 11.3 Å². The minimum atomic E-state index is -0.316. The summed E-state index contributed by atoms with van der Waals surface area (Å²) in [7, 11) is 0.